The van der Waals surface area contributed by atoms with Crippen molar-refractivity contribution >= 4 is 5.91 Å². The molecule has 1 saturated heterocycles. The van der Waals surface area contributed by atoms with E-state index in [0.29, 0.717) is 12.3 Å². The van der Waals surface area contributed by atoms with Crippen LogP contribution in [0.3, 0.4) is 0 Å². The van der Waals surface area contributed by atoms with Crippen molar-refractivity contribution in [3.8, 4) is 0 Å². The van der Waals surface area contributed by atoms with Crippen LogP contribution in [0.2, 0.25) is 0 Å². The maximum atomic E-state index is 11.9. The van der Waals surface area contributed by atoms with Crippen LogP contribution in [0.25, 0.3) is 0 Å². The van der Waals surface area contributed by atoms with Gasteiger partial charge in [0.25, 0.3) is 0 Å². The van der Waals surface area contributed by atoms with E-state index >= 15 is 0 Å². The highest BCUT2D eigenvalue weighted by Crippen LogP contribution is 2.18. The summed E-state index contributed by atoms with van der Waals surface area (Å²) in [5.41, 5.74) is 0.119. The maximum absolute atomic E-state index is 11.9. The molecular weight excluding hydrogens is 226 g/mol. The number of hydrogen-bond acceptors (Lipinski definition) is 3. The van der Waals surface area contributed by atoms with Gasteiger partial charge in [0.15, 0.2) is 0 Å². The highest BCUT2D eigenvalue weighted by Gasteiger charge is 2.22. The van der Waals surface area contributed by atoms with E-state index in [4.69, 9.17) is 0 Å². The van der Waals surface area contributed by atoms with Crippen LogP contribution in [0, 0.1) is 11.3 Å². The number of amides is 1. The Balaban J connectivity index is 2.24. The molecule has 0 saturated carbocycles. The predicted molar refractivity (Wildman–Crippen MR) is 75.6 cm³/mol. The summed E-state index contributed by atoms with van der Waals surface area (Å²) in [7, 11) is 4.08. The Hall–Kier alpha value is -0.610. The van der Waals surface area contributed by atoms with Crippen LogP contribution in [0.4, 0.5) is 0 Å². The zero-order valence-electron chi connectivity index (χ0n) is 12.4. The van der Waals surface area contributed by atoms with E-state index in [9.17, 15) is 4.79 Å². The number of nitrogens with zero attached hydrogens (tertiary/aromatic N) is 1. The summed E-state index contributed by atoms with van der Waals surface area (Å²) in [5, 5.41) is 6.23. The minimum atomic E-state index is 0.119. The van der Waals surface area contributed by atoms with Crippen molar-refractivity contribution in [1.82, 2.24) is 15.5 Å². The van der Waals surface area contributed by atoms with E-state index in [0.717, 1.165) is 19.6 Å². The zero-order chi connectivity index (χ0) is 13.6. The van der Waals surface area contributed by atoms with Gasteiger partial charge in [-0.05, 0) is 44.8 Å². The molecule has 1 aliphatic heterocycles. The molecule has 0 aromatic rings. The van der Waals surface area contributed by atoms with Crippen molar-refractivity contribution in [2.75, 3.05) is 40.3 Å². The zero-order valence-corrected chi connectivity index (χ0v) is 12.4. The monoisotopic (exact) mass is 255 g/mol. The van der Waals surface area contributed by atoms with Crippen molar-refractivity contribution < 1.29 is 4.79 Å². The van der Waals surface area contributed by atoms with Gasteiger partial charge in [0.2, 0.25) is 5.91 Å². The molecule has 0 radical (unpaired) electrons. The van der Waals surface area contributed by atoms with Gasteiger partial charge in [-0.25, -0.2) is 0 Å². The molecule has 0 aromatic carbocycles. The number of nitrogens with one attached hydrogen (secondary N) is 2. The Bertz CT molecular complexity index is 266. The SMILES string of the molecule is CNCC(C)(C)CNC(=O)CC1CCCN(C)C1. The minimum absolute atomic E-state index is 0.119. The topological polar surface area (TPSA) is 44.4 Å². The lowest BCUT2D eigenvalue weighted by Crippen LogP contribution is -2.41. The molecule has 1 aliphatic rings. The van der Waals surface area contributed by atoms with Gasteiger partial charge in [0.1, 0.15) is 0 Å². The lowest BCUT2D eigenvalue weighted by atomic mass is 9.92. The molecule has 1 heterocycles. The van der Waals surface area contributed by atoms with E-state index in [1.54, 1.807) is 0 Å². The van der Waals surface area contributed by atoms with E-state index in [2.05, 4.69) is 36.4 Å². The van der Waals surface area contributed by atoms with Crippen LogP contribution in [0.5, 0.6) is 0 Å². The van der Waals surface area contributed by atoms with E-state index in [1.807, 2.05) is 7.05 Å². The molecular formula is C14H29N3O. The van der Waals surface area contributed by atoms with Crippen LogP contribution >= 0.6 is 0 Å². The third kappa shape index (κ3) is 5.83. The largest absolute Gasteiger partial charge is 0.356 e. The normalized spacial score (nSPS) is 21.9. The van der Waals surface area contributed by atoms with Crippen LogP contribution in [0.1, 0.15) is 33.1 Å². The Kier molecular flexibility index (Phi) is 6.09. The summed E-state index contributed by atoms with van der Waals surface area (Å²) in [4.78, 5) is 14.2. The van der Waals surface area contributed by atoms with Crippen molar-refractivity contribution in [2.24, 2.45) is 11.3 Å². The van der Waals surface area contributed by atoms with Gasteiger partial charge in [0, 0.05) is 26.1 Å². The first-order valence-electron chi connectivity index (χ1n) is 7.03. The summed E-state index contributed by atoms with van der Waals surface area (Å²) in [6.45, 7) is 8.23. The molecule has 1 rings (SSSR count). The van der Waals surface area contributed by atoms with Crippen molar-refractivity contribution in [3.05, 3.63) is 0 Å². The number of likely N-dealkylation sites (tertiary alicyclic amines) is 1. The quantitative estimate of drug-likeness (QED) is 0.746. The summed E-state index contributed by atoms with van der Waals surface area (Å²) < 4.78 is 0. The van der Waals surface area contributed by atoms with Gasteiger partial charge in [0.05, 0.1) is 0 Å². The summed E-state index contributed by atoms with van der Waals surface area (Å²) >= 11 is 0. The molecule has 1 fully saturated rings. The smallest absolute Gasteiger partial charge is 0.220 e. The molecule has 1 unspecified atom stereocenters. The van der Waals surface area contributed by atoms with Crippen LogP contribution < -0.4 is 10.6 Å². The van der Waals surface area contributed by atoms with E-state index in [-0.39, 0.29) is 11.3 Å². The molecule has 0 aliphatic carbocycles. The molecule has 0 aromatic heterocycles. The molecule has 4 nitrogen and oxygen atoms in total. The van der Waals surface area contributed by atoms with Gasteiger partial charge >= 0.3 is 0 Å². The average Bonchev–Trinajstić information content (AvgIpc) is 2.26. The third-order valence-electron chi connectivity index (χ3n) is 3.62. The number of carbonyl (C=O) groups excluding carboxylic acids is 1. The van der Waals surface area contributed by atoms with Gasteiger partial charge in [-0.1, -0.05) is 13.8 Å². The predicted octanol–water partition coefficient (Wildman–Crippen LogP) is 1.08. The Morgan fingerprint density at radius 3 is 2.72 bits per heavy atom. The van der Waals surface area contributed by atoms with Gasteiger partial charge in [-0.3, -0.25) is 4.79 Å². The fourth-order valence-corrected chi connectivity index (χ4v) is 2.65. The van der Waals surface area contributed by atoms with Gasteiger partial charge in [-0.15, -0.1) is 0 Å². The van der Waals surface area contributed by atoms with Crippen LogP contribution in [-0.2, 0) is 4.79 Å². The standard InChI is InChI=1S/C14H29N3O/c1-14(2,10-15-3)11-16-13(18)8-12-6-5-7-17(4)9-12/h12,15H,5-11H2,1-4H3,(H,16,18). The first kappa shape index (κ1) is 15.4. The molecule has 1 atom stereocenters. The minimum Gasteiger partial charge on any atom is -0.356 e. The second-order valence-corrected chi connectivity index (χ2v) is 6.45. The maximum Gasteiger partial charge on any atom is 0.220 e. The van der Waals surface area contributed by atoms with Gasteiger partial charge in [-0.2, -0.15) is 0 Å². The second kappa shape index (κ2) is 7.10. The summed E-state index contributed by atoms with van der Waals surface area (Å²) in [6, 6.07) is 0. The first-order chi connectivity index (χ1) is 8.43. The molecule has 0 spiro atoms. The molecule has 18 heavy (non-hydrogen) atoms. The average molecular weight is 255 g/mol. The van der Waals surface area contributed by atoms with E-state index < -0.39 is 0 Å². The molecule has 0 bridgehead atoms. The number of rotatable bonds is 6. The van der Waals surface area contributed by atoms with Crippen molar-refractivity contribution in [3.63, 3.8) is 0 Å². The Labute approximate surface area is 111 Å². The van der Waals surface area contributed by atoms with Gasteiger partial charge < -0.3 is 15.5 Å². The van der Waals surface area contributed by atoms with Crippen LogP contribution in [-0.4, -0.2) is 51.1 Å². The molecule has 2 N–H and O–H groups in total. The second-order valence-electron chi connectivity index (χ2n) is 6.45. The van der Waals surface area contributed by atoms with Crippen molar-refractivity contribution in [2.45, 2.75) is 33.1 Å². The Morgan fingerprint density at radius 1 is 1.39 bits per heavy atom. The third-order valence-corrected chi connectivity index (χ3v) is 3.62. The molecule has 106 valence electrons. The highest BCUT2D eigenvalue weighted by molar-refractivity contribution is 5.76. The fourth-order valence-electron chi connectivity index (χ4n) is 2.65. The number of hydrogen-bond donors (Lipinski definition) is 2. The summed E-state index contributed by atoms with van der Waals surface area (Å²) in [5.74, 6) is 0.746. The number of piperidine rings is 1. The summed E-state index contributed by atoms with van der Waals surface area (Å²) in [6.07, 6.45) is 3.09. The molecule has 4 heteroatoms. The number of carbonyl (C=O) groups is 1. The van der Waals surface area contributed by atoms with E-state index in [1.165, 1.54) is 19.4 Å². The fraction of sp³-hybridized carbons (Fsp3) is 0.929. The lowest BCUT2D eigenvalue weighted by molar-refractivity contribution is -0.122. The van der Waals surface area contributed by atoms with Crippen LogP contribution in [0.15, 0.2) is 0 Å². The molecule has 1 amide bonds. The Morgan fingerprint density at radius 2 is 2.11 bits per heavy atom. The highest BCUT2D eigenvalue weighted by atomic mass is 16.1. The van der Waals surface area contributed by atoms with Crippen molar-refractivity contribution in [1.29, 1.82) is 0 Å². The lowest BCUT2D eigenvalue weighted by Gasteiger charge is -2.30. The first-order valence-corrected chi connectivity index (χ1v) is 7.03.